The summed E-state index contributed by atoms with van der Waals surface area (Å²) in [6, 6.07) is 7.60. The van der Waals surface area contributed by atoms with Crippen LogP contribution >= 0.6 is 0 Å². The zero-order chi connectivity index (χ0) is 13.7. The van der Waals surface area contributed by atoms with Gasteiger partial charge in [-0.25, -0.2) is 0 Å². The van der Waals surface area contributed by atoms with E-state index in [0.29, 0.717) is 18.5 Å². The molecule has 19 heavy (non-hydrogen) atoms. The molecule has 102 valence electrons. The van der Waals surface area contributed by atoms with Crippen molar-refractivity contribution >= 4 is 6.01 Å². The molecule has 0 saturated heterocycles. The minimum Gasteiger partial charge on any atom is -0.508 e. The van der Waals surface area contributed by atoms with E-state index in [-0.39, 0.29) is 11.8 Å². The molecular formula is C13H18N4O2. The molecule has 0 amide bonds. The summed E-state index contributed by atoms with van der Waals surface area (Å²) in [4.78, 5) is 0. The Morgan fingerprint density at radius 3 is 2.68 bits per heavy atom. The van der Waals surface area contributed by atoms with Gasteiger partial charge in [-0.15, -0.1) is 5.10 Å². The molecule has 2 rings (SSSR count). The van der Waals surface area contributed by atoms with E-state index in [9.17, 15) is 5.11 Å². The van der Waals surface area contributed by atoms with Crippen LogP contribution in [0.1, 0.15) is 24.4 Å². The van der Waals surface area contributed by atoms with Crippen LogP contribution in [0.15, 0.2) is 28.7 Å². The number of rotatable bonds is 6. The highest BCUT2D eigenvalue weighted by atomic mass is 16.4. The molecule has 3 N–H and O–H groups in total. The number of hydrogen-bond acceptors (Lipinski definition) is 6. The molecule has 0 radical (unpaired) electrons. The van der Waals surface area contributed by atoms with E-state index in [1.165, 1.54) is 0 Å². The highest BCUT2D eigenvalue weighted by molar-refractivity contribution is 5.27. The number of aromatic nitrogens is 2. The van der Waals surface area contributed by atoms with Crippen LogP contribution in [0.3, 0.4) is 0 Å². The highest BCUT2D eigenvalue weighted by Gasteiger charge is 2.11. The number of phenols is 1. The summed E-state index contributed by atoms with van der Waals surface area (Å²) in [7, 11) is 1.84. The van der Waals surface area contributed by atoms with E-state index >= 15 is 0 Å². The van der Waals surface area contributed by atoms with Crippen LogP contribution in [-0.4, -0.2) is 28.9 Å². The standard InChI is InChI=1S/C13H18N4O2/c1-9(14-2)12-16-17-13(19-12)15-8-7-10-3-5-11(18)6-4-10/h3-6,9,14,18H,7-8H2,1-2H3,(H,15,17). The second-order valence-electron chi connectivity index (χ2n) is 4.30. The number of benzene rings is 1. The number of nitrogens with one attached hydrogen (secondary N) is 2. The van der Waals surface area contributed by atoms with Crippen LogP contribution < -0.4 is 10.6 Å². The Morgan fingerprint density at radius 2 is 2.00 bits per heavy atom. The van der Waals surface area contributed by atoms with Crippen LogP contribution in [0.25, 0.3) is 0 Å². The van der Waals surface area contributed by atoms with Gasteiger partial charge >= 0.3 is 6.01 Å². The van der Waals surface area contributed by atoms with Crippen molar-refractivity contribution in [1.82, 2.24) is 15.5 Å². The van der Waals surface area contributed by atoms with Crippen molar-refractivity contribution < 1.29 is 9.52 Å². The molecule has 0 spiro atoms. The number of hydrogen-bond donors (Lipinski definition) is 3. The third-order valence-corrected chi connectivity index (χ3v) is 2.87. The molecule has 1 atom stereocenters. The summed E-state index contributed by atoms with van der Waals surface area (Å²) in [6.07, 6.45) is 0.819. The maximum absolute atomic E-state index is 9.18. The van der Waals surface area contributed by atoms with Crippen molar-refractivity contribution in [3.05, 3.63) is 35.7 Å². The summed E-state index contributed by atoms with van der Waals surface area (Å²) < 4.78 is 5.46. The molecule has 0 bridgehead atoms. The average Bonchev–Trinajstić information content (AvgIpc) is 2.89. The Hall–Kier alpha value is -2.08. The van der Waals surface area contributed by atoms with Gasteiger partial charge in [0, 0.05) is 6.54 Å². The molecule has 0 aliphatic heterocycles. The smallest absolute Gasteiger partial charge is 0.315 e. The van der Waals surface area contributed by atoms with E-state index < -0.39 is 0 Å². The first-order valence-electron chi connectivity index (χ1n) is 6.21. The lowest BCUT2D eigenvalue weighted by Gasteiger charge is -2.03. The largest absolute Gasteiger partial charge is 0.508 e. The fourth-order valence-corrected chi connectivity index (χ4v) is 1.58. The topological polar surface area (TPSA) is 83.2 Å². The molecule has 1 aromatic carbocycles. The Bertz CT molecular complexity index is 510. The lowest BCUT2D eigenvalue weighted by Crippen LogP contribution is -2.12. The first-order chi connectivity index (χ1) is 9.19. The summed E-state index contributed by atoms with van der Waals surface area (Å²) in [5, 5.41) is 23.2. The lowest BCUT2D eigenvalue weighted by molar-refractivity contribution is 0.441. The minimum absolute atomic E-state index is 0.0418. The van der Waals surface area contributed by atoms with Gasteiger partial charge in [0.1, 0.15) is 5.75 Å². The molecule has 0 fully saturated rings. The molecule has 1 heterocycles. The fraction of sp³-hybridized carbons (Fsp3) is 0.385. The van der Waals surface area contributed by atoms with Gasteiger partial charge in [-0.1, -0.05) is 17.2 Å². The maximum Gasteiger partial charge on any atom is 0.315 e. The van der Waals surface area contributed by atoms with Gasteiger partial charge < -0.3 is 20.2 Å². The van der Waals surface area contributed by atoms with E-state index in [2.05, 4.69) is 20.8 Å². The van der Waals surface area contributed by atoms with Crippen LogP contribution in [0.5, 0.6) is 5.75 Å². The quantitative estimate of drug-likeness (QED) is 0.735. The normalized spacial score (nSPS) is 12.3. The van der Waals surface area contributed by atoms with Crippen LogP contribution in [-0.2, 0) is 6.42 Å². The Kier molecular flexibility index (Phi) is 4.35. The van der Waals surface area contributed by atoms with E-state index in [1.807, 2.05) is 26.1 Å². The van der Waals surface area contributed by atoms with Crippen LogP contribution in [0.4, 0.5) is 6.01 Å². The first kappa shape index (κ1) is 13.4. The first-order valence-corrected chi connectivity index (χ1v) is 6.21. The zero-order valence-electron chi connectivity index (χ0n) is 11.1. The van der Waals surface area contributed by atoms with Crippen molar-refractivity contribution in [3.8, 4) is 5.75 Å². The van der Waals surface area contributed by atoms with Gasteiger partial charge in [0.15, 0.2) is 0 Å². The third kappa shape index (κ3) is 3.69. The third-order valence-electron chi connectivity index (χ3n) is 2.87. The number of phenolic OH excluding ortho intramolecular Hbond substituents is 1. The average molecular weight is 262 g/mol. The zero-order valence-corrected chi connectivity index (χ0v) is 11.1. The molecular weight excluding hydrogens is 244 g/mol. The molecule has 1 aromatic heterocycles. The minimum atomic E-state index is 0.0418. The van der Waals surface area contributed by atoms with Gasteiger partial charge in [-0.3, -0.25) is 0 Å². The molecule has 0 saturated carbocycles. The predicted octanol–water partition coefficient (Wildman–Crippen LogP) is 1.71. The number of aromatic hydroxyl groups is 1. The molecule has 0 aliphatic rings. The maximum atomic E-state index is 9.18. The summed E-state index contributed by atoms with van der Waals surface area (Å²) >= 11 is 0. The number of nitrogens with zero attached hydrogens (tertiary/aromatic N) is 2. The van der Waals surface area contributed by atoms with Crippen molar-refractivity contribution in [1.29, 1.82) is 0 Å². The fourth-order valence-electron chi connectivity index (χ4n) is 1.58. The second-order valence-corrected chi connectivity index (χ2v) is 4.30. The molecule has 6 nitrogen and oxygen atoms in total. The van der Waals surface area contributed by atoms with Crippen molar-refractivity contribution in [2.24, 2.45) is 0 Å². The Morgan fingerprint density at radius 1 is 1.26 bits per heavy atom. The predicted molar refractivity (Wildman–Crippen MR) is 72.1 cm³/mol. The van der Waals surface area contributed by atoms with E-state index in [1.54, 1.807) is 12.1 Å². The SMILES string of the molecule is CNC(C)c1nnc(NCCc2ccc(O)cc2)o1. The molecule has 2 aromatic rings. The number of anilines is 1. The summed E-state index contributed by atoms with van der Waals surface area (Å²) in [5.74, 6) is 0.842. The van der Waals surface area contributed by atoms with Gasteiger partial charge in [0.05, 0.1) is 6.04 Å². The van der Waals surface area contributed by atoms with Crippen molar-refractivity contribution in [2.75, 3.05) is 18.9 Å². The van der Waals surface area contributed by atoms with Gasteiger partial charge in [0.25, 0.3) is 0 Å². The van der Waals surface area contributed by atoms with Crippen molar-refractivity contribution in [3.63, 3.8) is 0 Å². The summed E-state index contributed by atoms with van der Waals surface area (Å²) in [5.41, 5.74) is 1.13. The van der Waals surface area contributed by atoms with Gasteiger partial charge in [0.2, 0.25) is 5.89 Å². The monoisotopic (exact) mass is 262 g/mol. The Balaban J connectivity index is 1.82. The van der Waals surface area contributed by atoms with Gasteiger partial charge in [-0.05, 0) is 38.1 Å². The van der Waals surface area contributed by atoms with E-state index in [4.69, 9.17) is 4.42 Å². The summed E-state index contributed by atoms with van der Waals surface area (Å²) in [6.45, 7) is 2.65. The molecule has 0 aliphatic carbocycles. The van der Waals surface area contributed by atoms with Crippen LogP contribution in [0, 0.1) is 0 Å². The highest BCUT2D eigenvalue weighted by Crippen LogP contribution is 2.13. The Labute approximate surface area is 111 Å². The van der Waals surface area contributed by atoms with Gasteiger partial charge in [-0.2, -0.15) is 0 Å². The van der Waals surface area contributed by atoms with E-state index in [0.717, 1.165) is 12.0 Å². The molecule has 6 heteroatoms. The lowest BCUT2D eigenvalue weighted by atomic mass is 10.1. The van der Waals surface area contributed by atoms with Crippen LogP contribution in [0.2, 0.25) is 0 Å². The van der Waals surface area contributed by atoms with Crippen molar-refractivity contribution in [2.45, 2.75) is 19.4 Å². The molecule has 1 unspecified atom stereocenters. The second kappa shape index (κ2) is 6.19.